The van der Waals surface area contributed by atoms with Gasteiger partial charge in [0.2, 0.25) is 0 Å². The van der Waals surface area contributed by atoms with E-state index in [9.17, 15) is 4.39 Å². The highest BCUT2D eigenvalue weighted by Gasteiger charge is 2.11. The highest BCUT2D eigenvalue weighted by molar-refractivity contribution is 5.76. The standard InChI is InChI=1S/C14H13FO2/c1-16-12-4-3-5-13(17-2)14(12)10-6-8-11(15)9-7-10/h3-9H,1-2H3. The lowest BCUT2D eigenvalue weighted by Crippen LogP contribution is -1.92. The average Bonchev–Trinajstić information content (AvgIpc) is 2.38. The van der Waals surface area contributed by atoms with Crippen molar-refractivity contribution in [3.8, 4) is 22.6 Å². The van der Waals surface area contributed by atoms with Gasteiger partial charge in [0.25, 0.3) is 0 Å². The van der Waals surface area contributed by atoms with Gasteiger partial charge in [0.1, 0.15) is 17.3 Å². The minimum Gasteiger partial charge on any atom is -0.496 e. The molecule has 0 N–H and O–H groups in total. The minimum atomic E-state index is -0.261. The molecule has 2 aromatic carbocycles. The Hall–Kier alpha value is -2.03. The van der Waals surface area contributed by atoms with E-state index >= 15 is 0 Å². The Balaban J connectivity index is 2.59. The summed E-state index contributed by atoms with van der Waals surface area (Å²) < 4.78 is 23.5. The quantitative estimate of drug-likeness (QED) is 0.806. The molecule has 0 spiro atoms. The van der Waals surface area contributed by atoms with Crippen molar-refractivity contribution in [2.75, 3.05) is 14.2 Å². The summed E-state index contributed by atoms with van der Waals surface area (Å²) in [5, 5.41) is 0. The van der Waals surface area contributed by atoms with Crippen molar-refractivity contribution in [1.82, 2.24) is 0 Å². The van der Waals surface area contributed by atoms with Crippen LogP contribution in [-0.2, 0) is 0 Å². The third-order valence-corrected chi connectivity index (χ3v) is 2.56. The van der Waals surface area contributed by atoms with Crippen LogP contribution in [0.4, 0.5) is 4.39 Å². The summed E-state index contributed by atoms with van der Waals surface area (Å²) in [6.07, 6.45) is 0. The Morgan fingerprint density at radius 2 is 1.35 bits per heavy atom. The second-order valence-electron chi connectivity index (χ2n) is 3.54. The van der Waals surface area contributed by atoms with E-state index < -0.39 is 0 Å². The predicted octanol–water partition coefficient (Wildman–Crippen LogP) is 3.51. The number of hydrogen-bond donors (Lipinski definition) is 0. The van der Waals surface area contributed by atoms with Crippen LogP contribution in [0.3, 0.4) is 0 Å². The molecule has 0 unspecified atom stereocenters. The van der Waals surface area contributed by atoms with E-state index in [1.54, 1.807) is 26.4 Å². The maximum Gasteiger partial charge on any atom is 0.130 e. The van der Waals surface area contributed by atoms with E-state index in [-0.39, 0.29) is 5.82 Å². The van der Waals surface area contributed by atoms with Crippen LogP contribution in [0.5, 0.6) is 11.5 Å². The molecule has 0 amide bonds. The average molecular weight is 232 g/mol. The van der Waals surface area contributed by atoms with Gasteiger partial charge in [-0.05, 0) is 29.8 Å². The van der Waals surface area contributed by atoms with Gasteiger partial charge in [-0.1, -0.05) is 18.2 Å². The topological polar surface area (TPSA) is 18.5 Å². The van der Waals surface area contributed by atoms with Crippen molar-refractivity contribution in [2.24, 2.45) is 0 Å². The van der Waals surface area contributed by atoms with Gasteiger partial charge in [-0.15, -0.1) is 0 Å². The van der Waals surface area contributed by atoms with Gasteiger partial charge in [0.05, 0.1) is 19.8 Å². The van der Waals surface area contributed by atoms with Crippen LogP contribution >= 0.6 is 0 Å². The molecule has 0 aliphatic rings. The summed E-state index contributed by atoms with van der Waals surface area (Å²) in [4.78, 5) is 0. The zero-order valence-corrected chi connectivity index (χ0v) is 9.74. The second-order valence-corrected chi connectivity index (χ2v) is 3.54. The largest absolute Gasteiger partial charge is 0.496 e. The van der Waals surface area contributed by atoms with E-state index in [0.29, 0.717) is 11.5 Å². The number of hydrogen-bond acceptors (Lipinski definition) is 2. The summed E-state index contributed by atoms with van der Waals surface area (Å²) in [5.74, 6) is 1.15. The molecule has 17 heavy (non-hydrogen) atoms. The summed E-state index contributed by atoms with van der Waals surface area (Å²) >= 11 is 0. The van der Waals surface area contributed by atoms with Crippen molar-refractivity contribution in [2.45, 2.75) is 0 Å². The van der Waals surface area contributed by atoms with Gasteiger partial charge in [0.15, 0.2) is 0 Å². The fraction of sp³-hybridized carbons (Fsp3) is 0.143. The first-order chi connectivity index (χ1) is 8.26. The first kappa shape index (κ1) is 11.5. The molecule has 0 aliphatic heterocycles. The van der Waals surface area contributed by atoms with Crippen LogP contribution in [0.1, 0.15) is 0 Å². The smallest absolute Gasteiger partial charge is 0.130 e. The lowest BCUT2D eigenvalue weighted by molar-refractivity contribution is 0.397. The minimum absolute atomic E-state index is 0.261. The highest BCUT2D eigenvalue weighted by Crippen LogP contribution is 2.37. The molecule has 2 nitrogen and oxygen atoms in total. The lowest BCUT2D eigenvalue weighted by atomic mass is 10.0. The van der Waals surface area contributed by atoms with Crippen LogP contribution in [0.25, 0.3) is 11.1 Å². The van der Waals surface area contributed by atoms with Crippen molar-refractivity contribution in [3.63, 3.8) is 0 Å². The van der Waals surface area contributed by atoms with E-state index in [1.165, 1.54) is 12.1 Å². The third-order valence-electron chi connectivity index (χ3n) is 2.56. The van der Waals surface area contributed by atoms with E-state index in [4.69, 9.17) is 9.47 Å². The van der Waals surface area contributed by atoms with Crippen molar-refractivity contribution < 1.29 is 13.9 Å². The van der Waals surface area contributed by atoms with Gasteiger partial charge >= 0.3 is 0 Å². The monoisotopic (exact) mass is 232 g/mol. The van der Waals surface area contributed by atoms with Crippen LogP contribution in [0, 0.1) is 5.82 Å². The Kier molecular flexibility index (Phi) is 3.28. The lowest BCUT2D eigenvalue weighted by Gasteiger charge is -2.12. The Labute approximate surface area is 99.6 Å². The molecule has 0 aliphatic carbocycles. The molecular formula is C14H13FO2. The molecule has 2 aromatic rings. The Bertz CT molecular complexity index is 484. The van der Waals surface area contributed by atoms with Crippen molar-refractivity contribution in [1.29, 1.82) is 0 Å². The first-order valence-electron chi connectivity index (χ1n) is 5.23. The molecule has 0 saturated carbocycles. The maximum absolute atomic E-state index is 12.9. The predicted molar refractivity (Wildman–Crippen MR) is 64.9 cm³/mol. The third kappa shape index (κ3) is 2.23. The van der Waals surface area contributed by atoms with Crippen LogP contribution in [0.15, 0.2) is 42.5 Å². The van der Waals surface area contributed by atoms with Gasteiger partial charge in [-0.25, -0.2) is 4.39 Å². The normalized spacial score (nSPS) is 10.1. The van der Waals surface area contributed by atoms with Crippen LogP contribution in [0.2, 0.25) is 0 Å². The number of rotatable bonds is 3. The SMILES string of the molecule is COc1cccc(OC)c1-c1ccc(F)cc1. The molecule has 88 valence electrons. The van der Waals surface area contributed by atoms with Crippen molar-refractivity contribution >= 4 is 0 Å². The zero-order valence-electron chi connectivity index (χ0n) is 9.74. The summed E-state index contributed by atoms with van der Waals surface area (Å²) in [6, 6.07) is 11.8. The molecule has 0 atom stereocenters. The van der Waals surface area contributed by atoms with Gasteiger partial charge in [-0.3, -0.25) is 0 Å². The molecule has 0 heterocycles. The molecule has 0 bridgehead atoms. The van der Waals surface area contributed by atoms with E-state index in [2.05, 4.69) is 0 Å². The number of halogens is 1. The highest BCUT2D eigenvalue weighted by atomic mass is 19.1. The van der Waals surface area contributed by atoms with Gasteiger partial charge in [-0.2, -0.15) is 0 Å². The Morgan fingerprint density at radius 3 is 1.82 bits per heavy atom. The molecule has 0 saturated heterocycles. The molecule has 0 fully saturated rings. The molecular weight excluding hydrogens is 219 g/mol. The maximum atomic E-state index is 12.9. The summed E-state index contributed by atoms with van der Waals surface area (Å²) in [7, 11) is 3.20. The van der Waals surface area contributed by atoms with Crippen LogP contribution in [-0.4, -0.2) is 14.2 Å². The summed E-state index contributed by atoms with van der Waals surface area (Å²) in [5.41, 5.74) is 1.69. The fourth-order valence-electron chi connectivity index (χ4n) is 1.75. The zero-order chi connectivity index (χ0) is 12.3. The number of benzene rings is 2. The summed E-state index contributed by atoms with van der Waals surface area (Å²) in [6.45, 7) is 0. The van der Waals surface area contributed by atoms with Crippen LogP contribution < -0.4 is 9.47 Å². The second kappa shape index (κ2) is 4.87. The van der Waals surface area contributed by atoms with Gasteiger partial charge in [0, 0.05) is 0 Å². The molecule has 0 aromatic heterocycles. The molecule has 2 rings (SSSR count). The number of ether oxygens (including phenoxy) is 2. The molecule has 0 radical (unpaired) electrons. The fourth-order valence-corrected chi connectivity index (χ4v) is 1.75. The number of methoxy groups -OCH3 is 2. The van der Waals surface area contributed by atoms with Gasteiger partial charge < -0.3 is 9.47 Å². The molecule has 3 heteroatoms. The van der Waals surface area contributed by atoms with E-state index in [1.807, 2.05) is 18.2 Å². The first-order valence-corrected chi connectivity index (χ1v) is 5.23. The van der Waals surface area contributed by atoms with Crippen molar-refractivity contribution in [3.05, 3.63) is 48.3 Å². The Morgan fingerprint density at radius 1 is 0.824 bits per heavy atom. The van der Waals surface area contributed by atoms with E-state index in [0.717, 1.165) is 11.1 Å².